The number of carbonyl (C=O) groups is 3. The maximum Gasteiger partial charge on any atom is 0.573 e. The van der Waals surface area contributed by atoms with Crippen molar-refractivity contribution in [1.29, 1.82) is 0 Å². The van der Waals surface area contributed by atoms with Crippen LogP contribution in [-0.4, -0.2) is 113 Å². The highest BCUT2D eigenvalue weighted by molar-refractivity contribution is 6.34. The van der Waals surface area contributed by atoms with E-state index in [0.29, 0.717) is 61.1 Å². The molecule has 0 radical (unpaired) electrons. The van der Waals surface area contributed by atoms with Gasteiger partial charge in [0.05, 0.1) is 40.2 Å². The quantitative estimate of drug-likeness (QED) is 0.103. The number of nitrogens with zero attached hydrogens (tertiary/aromatic N) is 5. The summed E-state index contributed by atoms with van der Waals surface area (Å²) in [5.74, 6) is -0.188. The topological polar surface area (TPSA) is 177 Å². The summed E-state index contributed by atoms with van der Waals surface area (Å²) >= 11 is 6.58. The fourth-order valence-corrected chi connectivity index (χ4v) is 7.80. The number of H-pyrrole nitrogens is 1. The first kappa shape index (κ1) is 44.1. The molecule has 15 nitrogen and oxygen atoms in total. The number of pyridine rings is 1. The number of aromatic nitrogens is 3. The number of aliphatic hydroxyl groups is 1. The second-order valence-corrected chi connectivity index (χ2v) is 15.8. The second kappa shape index (κ2) is 18.5. The Morgan fingerprint density at radius 2 is 1.72 bits per heavy atom. The molecule has 0 aliphatic carbocycles. The maximum atomic E-state index is 13.7. The number of imidazole rings is 1. The molecule has 0 saturated carbocycles. The SMILES string of the molecule is CNC(=O)N1CCN(c2ccc(C(=O)Nc3cc(OC(F)(F)F)c(-c4ccc(-c5cnc([C@@H]6C[C@H](C)CN6C(=O)[C@@H](NC(O)OC)C(C)C)[nH]5)cc4)cc3Cl)cn2)[C@H](C)C1. The molecule has 2 aliphatic heterocycles. The van der Waals surface area contributed by atoms with Crippen molar-refractivity contribution in [2.45, 2.75) is 65.0 Å². The van der Waals surface area contributed by atoms with Gasteiger partial charge >= 0.3 is 12.4 Å². The van der Waals surface area contributed by atoms with E-state index < -0.39 is 30.5 Å². The smallest absolute Gasteiger partial charge is 0.405 e. The zero-order chi connectivity index (χ0) is 43.5. The van der Waals surface area contributed by atoms with E-state index in [1.807, 2.05) is 32.6 Å². The summed E-state index contributed by atoms with van der Waals surface area (Å²) in [7, 11) is 2.91. The molecule has 4 amide bonds. The number of piperazine rings is 1. The molecule has 2 saturated heterocycles. The van der Waals surface area contributed by atoms with E-state index in [2.05, 4.69) is 35.6 Å². The van der Waals surface area contributed by atoms with E-state index in [0.717, 1.165) is 6.07 Å². The van der Waals surface area contributed by atoms with Crippen LogP contribution in [0.15, 0.2) is 60.9 Å². The molecular weight excluding hydrogens is 807 g/mol. The number of urea groups is 1. The average Bonchev–Trinajstić information content (AvgIpc) is 3.87. The Hall–Kier alpha value is -5.43. The zero-order valence-corrected chi connectivity index (χ0v) is 34.8. The van der Waals surface area contributed by atoms with Crippen LogP contribution < -0.4 is 25.6 Å². The number of carbonyl (C=O) groups excluding carboxylic acids is 3. The Morgan fingerprint density at radius 1 is 1.00 bits per heavy atom. The number of benzene rings is 2. The molecule has 4 aromatic rings. The lowest BCUT2D eigenvalue weighted by atomic mass is 10.0. The Bertz CT molecular complexity index is 2150. The first-order valence-corrected chi connectivity index (χ1v) is 19.9. The molecule has 2 fully saturated rings. The number of ether oxygens (including phenoxy) is 2. The van der Waals surface area contributed by atoms with E-state index in [1.165, 1.54) is 19.4 Å². The molecule has 322 valence electrons. The zero-order valence-electron chi connectivity index (χ0n) is 34.0. The molecule has 0 spiro atoms. The molecule has 6 rings (SSSR count). The Labute approximate surface area is 350 Å². The Morgan fingerprint density at radius 3 is 2.33 bits per heavy atom. The number of aromatic amines is 1. The van der Waals surface area contributed by atoms with Crippen LogP contribution in [0.1, 0.15) is 56.3 Å². The molecule has 60 heavy (non-hydrogen) atoms. The van der Waals surface area contributed by atoms with Crippen LogP contribution in [0.25, 0.3) is 22.4 Å². The molecule has 5 N–H and O–H groups in total. The van der Waals surface area contributed by atoms with Crippen LogP contribution in [0.5, 0.6) is 5.75 Å². The van der Waals surface area contributed by atoms with Gasteiger partial charge in [0.2, 0.25) is 12.3 Å². The van der Waals surface area contributed by atoms with Crippen LogP contribution in [0.4, 0.5) is 29.5 Å². The third-order valence-electron chi connectivity index (χ3n) is 10.7. The normalized spacial score (nSPS) is 19.3. The van der Waals surface area contributed by atoms with Crippen molar-refractivity contribution >= 4 is 41.0 Å². The van der Waals surface area contributed by atoms with E-state index in [1.54, 1.807) is 59.4 Å². The molecular formula is C41H49ClF3N9O6. The highest BCUT2D eigenvalue weighted by Crippen LogP contribution is 2.41. The number of rotatable bonds is 12. The lowest BCUT2D eigenvalue weighted by molar-refractivity contribution is -0.274. The average molecular weight is 856 g/mol. The molecule has 4 heterocycles. The van der Waals surface area contributed by atoms with E-state index >= 15 is 0 Å². The summed E-state index contributed by atoms with van der Waals surface area (Å²) in [5.41, 5.74) is 1.74. The van der Waals surface area contributed by atoms with Crippen molar-refractivity contribution in [2.75, 3.05) is 50.6 Å². The molecule has 19 heteroatoms. The van der Waals surface area contributed by atoms with Gasteiger partial charge in [-0.3, -0.25) is 14.9 Å². The van der Waals surface area contributed by atoms with Crippen LogP contribution in [0, 0.1) is 11.8 Å². The minimum Gasteiger partial charge on any atom is -0.405 e. The van der Waals surface area contributed by atoms with Crippen molar-refractivity contribution in [2.24, 2.45) is 11.8 Å². The van der Waals surface area contributed by atoms with Gasteiger partial charge < -0.3 is 44.9 Å². The van der Waals surface area contributed by atoms with Gasteiger partial charge in [0, 0.05) is 64.2 Å². The number of hydrogen-bond acceptors (Lipinski definition) is 10. The summed E-state index contributed by atoms with van der Waals surface area (Å²) < 4.78 is 50.6. The lowest BCUT2D eigenvalue weighted by Gasteiger charge is -2.40. The van der Waals surface area contributed by atoms with Crippen LogP contribution in [0.2, 0.25) is 5.02 Å². The Kier molecular flexibility index (Phi) is 13.6. The molecule has 5 atom stereocenters. The predicted octanol–water partition coefficient (Wildman–Crippen LogP) is 6.24. The van der Waals surface area contributed by atoms with E-state index in [9.17, 15) is 32.7 Å². The first-order chi connectivity index (χ1) is 28.5. The molecule has 2 aromatic carbocycles. The van der Waals surface area contributed by atoms with Gasteiger partial charge in [0.25, 0.3) is 5.91 Å². The first-order valence-electron chi connectivity index (χ1n) is 19.5. The van der Waals surface area contributed by atoms with Gasteiger partial charge in [-0.1, -0.05) is 56.6 Å². The van der Waals surface area contributed by atoms with Gasteiger partial charge in [-0.15, -0.1) is 13.2 Å². The fourth-order valence-electron chi connectivity index (χ4n) is 7.59. The highest BCUT2D eigenvalue weighted by atomic mass is 35.5. The molecule has 2 aromatic heterocycles. The van der Waals surface area contributed by atoms with Crippen molar-refractivity contribution in [3.8, 4) is 28.1 Å². The molecule has 2 aliphatic rings. The van der Waals surface area contributed by atoms with Gasteiger partial charge in [-0.25, -0.2) is 14.8 Å². The van der Waals surface area contributed by atoms with Gasteiger partial charge in [-0.2, -0.15) is 0 Å². The van der Waals surface area contributed by atoms with Crippen molar-refractivity contribution in [1.82, 2.24) is 35.4 Å². The number of hydrogen-bond donors (Lipinski definition) is 5. The Balaban J connectivity index is 1.18. The largest absolute Gasteiger partial charge is 0.573 e. The van der Waals surface area contributed by atoms with Crippen molar-refractivity contribution < 1.29 is 42.1 Å². The number of amides is 4. The summed E-state index contributed by atoms with van der Waals surface area (Å²) in [6.45, 7) is 9.78. The van der Waals surface area contributed by atoms with Crippen LogP contribution in [0.3, 0.4) is 0 Å². The number of nitrogens with one attached hydrogen (secondary N) is 4. The predicted molar refractivity (Wildman–Crippen MR) is 219 cm³/mol. The van der Waals surface area contributed by atoms with E-state index in [4.69, 9.17) is 16.3 Å². The molecule has 1 unspecified atom stereocenters. The number of aliphatic hydroxyl groups excluding tert-OH is 1. The van der Waals surface area contributed by atoms with Crippen molar-refractivity contribution in [3.05, 3.63) is 77.3 Å². The second-order valence-electron chi connectivity index (χ2n) is 15.4. The fraction of sp³-hybridized carbons (Fsp3) is 0.439. The maximum absolute atomic E-state index is 13.7. The number of anilines is 2. The number of halogens is 4. The van der Waals surface area contributed by atoms with Gasteiger partial charge in [0.1, 0.15) is 17.4 Å². The minimum absolute atomic E-state index is 0.0286. The summed E-state index contributed by atoms with van der Waals surface area (Å²) in [4.78, 5) is 56.9. The molecule has 0 bridgehead atoms. The van der Waals surface area contributed by atoms with Gasteiger partial charge in [-0.05, 0) is 54.5 Å². The van der Waals surface area contributed by atoms with Crippen LogP contribution in [-0.2, 0) is 9.53 Å². The standard InChI is InChI=1S/C41H49ClF3N9O6/c1-22(2)35(51-40(58)59-6)38(56)54-20-23(3)15-32(54)36-48-19-31(49-36)26-9-7-25(8-10-26)28-16-29(42)30(17-33(28)60-41(43,44)45)50-37(55)27-11-12-34(47-18-27)53-14-13-52(21-24(53)4)39(57)46-5/h7-12,16-19,22-24,32,35,40,51,58H,13-15,20-21H2,1-6H3,(H,46,57)(H,48,49)(H,50,55)/t23-,24+,32-,35-,40?/m0/s1. The summed E-state index contributed by atoms with van der Waals surface area (Å²) in [6.07, 6.45) is -2.70. The highest BCUT2D eigenvalue weighted by Gasteiger charge is 2.40. The third-order valence-corrected chi connectivity index (χ3v) is 11.0. The van der Waals surface area contributed by atoms with E-state index in [-0.39, 0.29) is 57.7 Å². The monoisotopic (exact) mass is 855 g/mol. The minimum atomic E-state index is -5.05. The lowest BCUT2D eigenvalue weighted by Crippen LogP contribution is -2.55. The summed E-state index contributed by atoms with van der Waals surface area (Å²) in [6, 6.07) is 10.9. The van der Waals surface area contributed by atoms with Crippen LogP contribution >= 0.6 is 11.6 Å². The number of likely N-dealkylation sites (tertiary alicyclic amines) is 1. The van der Waals surface area contributed by atoms with Gasteiger partial charge in [0.15, 0.2) is 0 Å². The number of methoxy groups -OCH3 is 1. The van der Waals surface area contributed by atoms with Crippen molar-refractivity contribution in [3.63, 3.8) is 0 Å². The summed E-state index contributed by atoms with van der Waals surface area (Å²) in [5, 5.41) is 18.0. The third kappa shape index (κ3) is 10.1. The number of alkyl halides is 3.